The SMILES string of the molecule is O=C(O)COC1CCN(C(=O)NCCn2ccnn2)CC1. The number of nitrogens with zero attached hydrogens (tertiary/aromatic N) is 4. The number of likely N-dealkylation sites (tertiary alicyclic amines) is 1. The molecule has 116 valence electrons. The van der Waals surface area contributed by atoms with Crippen molar-refractivity contribution in [2.24, 2.45) is 0 Å². The quantitative estimate of drug-likeness (QED) is 0.736. The number of piperidine rings is 1. The van der Waals surface area contributed by atoms with Crippen LogP contribution in [0, 0.1) is 0 Å². The van der Waals surface area contributed by atoms with Crippen molar-refractivity contribution in [3.8, 4) is 0 Å². The van der Waals surface area contributed by atoms with E-state index in [1.54, 1.807) is 22.0 Å². The van der Waals surface area contributed by atoms with E-state index in [1.165, 1.54) is 0 Å². The maximum absolute atomic E-state index is 11.9. The summed E-state index contributed by atoms with van der Waals surface area (Å²) in [7, 11) is 0. The predicted molar refractivity (Wildman–Crippen MR) is 71.6 cm³/mol. The average Bonchev–Trinajstić information content (AvgIpc) is 2.99. The maximum atomic E-state index is 11.9. The molecule has 0 spiro atoms. The summed E-state index contributed by atoms with van der Waals surface area (Å²) in [5, 5.41) is 18.9. The van der Waals surface area contributed by atoms with Crippen LogP contribution in [0.1, 0.15) is 12.8 Å². The molecular weight excluding hydrogens is 278 g/mol. The van der Waals surface area contributed by atoms with E-state index in [9.17, 15) is 9.59 Å². The number of carbonyl (C=O) groups is 2. The first-order valence-corrected chi connectivity index (χ1v) is 6.85. The molecule has 2 rings (SSSR count). The number of aromatic nitrogens is 3. The number of aliphatic carboxylic acids is 1. The van der Waals surface area contributed by atoms with Crippen LogP contribution in [-0.2, 0) is 16.1 Å². The van der Waals surface area contributed by atoms with Crippen molar-refractivity contribution < 1.29 is 19.4 Å². The van der Waals surface area contributed by atoms with E-state index in [4.69, 9.17) is 9.84 Å². The van der Waals surface area contributed by atoms with Gasteiger partial charge in [-0.2, -0.15) is 0 Å². The van der Waals surface area contributed by atoms with Gasteiger partial charge >= 0.3 is 12.0 Å². The van der Waals surface area contributed by atoms with Crippen LogP contribution < -0.4 is 5.32 Å². The van der Waals surface area contributed by atoms with Crippen molar-refractivity contribution in [1.29, 1.82) is 0 Å². The third-order valence-electron chi connectivity index (χ3n) is 3.26. The number of ether oxygens (including phenoxy) is 1. The number of nitrogens with one attached hydrogen (secondary N) is 1. The van der Waals surface area contributed by atoms with E-state index in [1.807, 2.05) is 0 Å². The number of hydrogen-bond donors (Lipinski definition) is 2. The Morgan fingerprint density at radius 2 is 2.14 bits per heavy atom. The molecule has 9 nitrogen and oxygen atoms in total. The van der Waals surface area contributed by atoms with Gasteiger partial charge in [0.05, 0.1) is 18.8 Å². The van der Waals surface area contributed by atoms with Gasteiger partial charge in [-0.15, -0.1) is 5.10 Å². The van der Waals surface area contributed by atoms with Crippen LogP contribution >= 0.6 is 0 Å². The van der Waals surface area contributed by atoms with Crippen molar-refractivity contribution in [3.05, 3.63) is 12.4 Å². The Labute approximate surface area is 121 Å². The van der Waals surface area contributed by atoms with Crippen LogP contribution in [0.3, 0.4) is 0 Å². The van der Waals surface area contributed by atoms with Gasteiger partial charge in [0, 0.05) is 25.8 Å². The Morgan fingerprint density at radius 3 is 2.76 bits per heavy atom. The third kappa shape index (κ3) is 5.03. The first-order valence-electron chi connectivity index (χ1n) is 6.85. The molecule has 2 N–H and O–H groups in total. The highest BCUT2D eigenvalue weighted by atomic mass is 16.5. The van der Waals surface area contributed by atoms with Crippen molar-refractivity contribution in [3.63, 3.8) is 0 Å². The van der Waals surface area contributed by atoms with Gasteiger partial charge in [-0.3, -0.25) is 4.68 Å². The summed E-state index contributed by atoms with van der Waals surface area (Å²) < 4.78 is 6.87. The molecule has 0 bridgehead atoms. The topological polar surface area (TPSA) is 110 Å². The first-order chi connectivity index (χ1) is 10.1. The normalized spacial score (nSPS) is 15.9. The smallest absolute Gasteiger partial charge is 0.329 e. The molecule has 1 aliphatic heterocycles. The fourth-order valence-electron chi connectivity index (χ4n) is 2.16. The lowest BCUT2D eigenvalue weighted by molar-refractivity contribution is -0.145. The molecule has 0 saturated carbocycles. The summed E-state index contributed by atoms with van der Waals surface area (Å²) in [5.74, 6) is -0.969. The molecule has 21 heavy (non-hydrogen) atoms. The minimum atomic E-state index is -0.969. The number of rotatable bonds is 6. The molecule has 9 heteroatoms. The van der Waals surface area contributed by atoms with Crippen molar-refractivity contribution >= 4 is 12.0 Å². The summed E-state index contributed by atoms with van der Waals surface area (Å²) in [6.45, 7) is 1.91. The van der Waals surface area contributed by atoms with E-state index >= 15 is 0 Å². The number of carbonyl (C=O) groups excluding carboxylic acids is 1. The standard InChI is InChI=1S/C12H19N5O4/c18-11(19)9-21-10-1-5-16(6-2-10)12(20)13-3-7-17-8-4-14-15-17/h4,8,10H,1-3,5-7,9H2,(H,13,20)(H,18,19). The monoisotopic (exact) mass is 297 g/mol. The second kappa shape index (κ2) is 7.58. The molecule has 1 fully saturated rings. The zero-order valence-corrected chi connectivity index (χ0v) is 11.6. The molecule has 0 radical (unpaired) electrons. The van der Waals surface area contributed by atoms with Crippen LogP contribution in [0.2, 0.25) is 0 Å². The largest absolute Gasteiger partial charge is 0.480 e. The molecule has 0 aromatic carbocycles. The Bertz CT molecular complexity index is 456. The van der Waals surface area contributed by atoms with Crippen LogP contribution in [0.25, 0.3) is 0 Å². The summed E-state index contributed by atoms with van der Waals surface area (Å²) in [4.78, 5) is 24.1. The highest BCUT2D eigenvalue weighted by molar-refractivity contribution is 5.74. The number of carboxylic acids is 1. The Morgan fingerprint density at radius 1 is 1.38 bits per heavy atom. The Balaban J connectivity index is 1.62. The third-order valence-corrected chi connectivity index (χ3v) is 3.26. The molecular formula is C12H19N5O4. The molecule has 0 atom stereocenters. The van der Waals surface area contributed by atoms with Gasteiger partial charge in [-0.05, 0) is 12.8 Å². The lowest BCUT2D eigenvalue weighted by atomic mass is 10.1. The van der Waals surface area contributed by atoms with E-state index in [2.05, 4.69) is 15.6 Å². The van der Waals surface area contributed by atoms with E-state index in [0.29, 0.717) is 39.0 Å². The van der Waals surface area contributed by atoms with Gasteiger partial charge in [0.2, 0.25) is 0 Å². The first kappa shape index (κ1) is 15.2. The van der Waals surface area contributed by atoms with Crippen molar-refractivity contribution in [2.45, 2.75) is 25.5 Å². The Hall–Kier alpha value is -2.16. The van der Waals surface area contributed by atoms with Crippen LogP contribution in [0.4, 0.5) is 4.79 Å². The van der Waals surface area contributed by atoms with Crippen LogP contribution in [0.5, 0.6) is 0 Å². The zero-order valence-electron chi connectivity index (χ0n) is 11.6. The van der Waals surface area contributed by atoms with Crippen LogP contribution in [-0.4, -0.2) is 69.3 Å². The van der Waals surface area contributed by atoms with E-state index < -0.39 is 5.97 Å². The number of carboxylic acid groups (broad SMARTS) is 1. The predicted octanol–water partition coefficient (Wildman–Crippen LogP) is -0.447. The van der Waals surface area contributed by atoms with Gasteiger partial charge < -0.3 is 20.1 Å². The van der Waals surface area contributed by atoms with Crippen molar-refractivity contribution in [2.75, 3.05) is 26.2 Å². The molecule has 0 unspecified atom stereocenters. The van der Waals surface area contributed by atoms with Gasteiger partial charge in [0.15, 0.2) is 0 Å². The lowest BCUT2D eigenvalue weighted by Gasteiger charge is -2.31. The Kier molecular flexibility index (Phi) is 5.50. The average molecular weight is 297 g/mol. The summed E-state index contributed by atoms with van der Waals surface area (Å²) in [5.41, 5.74) is 0. The van der Waals surface area contributed by atoms with Crippen molar-refractivity contribution in [1.82, 2.24) is 25.2 Å². The summed E-state index contributed by atoms with van der Waals surface area (Å²) in [6.07, 6.45) is 4.55. The summed E-state index contributed by atoms with van der Waals surface area (Å²) in [6, 6.07) is -0.119. The second-order valence-electron chi connectivity index (χ2n) is 4.79. The number of urea groups is 1. The highest BCUT2D eigenvalue weighted by Crippen LogP contribution is 2.13. The molecule has 2 amide bonds. The van der Waals surface area contributed by atoms with E-state index in [-0.39, 0.29) is 18.7 Å². The van der Waals surface area contributed by atoms with E-state index in [0.717, 1.165) is 0 Å². The number of hydrogen-bond acceptors (Lipinski definition) is 5. The minimum Gasteiger partial charge on any atom is -0.480 e. The molecule has 1 aromatic heterocycles. The molecule has 1 aliphatic rings. The molecule has 0 aliphatic carbocycles. The van der Waals surface area contributed by atoms with Gasteiger partial charge in [0.25, 0.3) is 0 Å². The van der Waals surface area contributed by atoms with Gasteiger partial charge in [-0.1, -0.05) is 5.21 Å². The highest BCUT2D eigenvalue weighted by Gasteiger charge is 2.23. The number of amides is 2. The zero-order chi connectivity index (χ0) is 15.1. The van der Waals surface area contributed by atoms with Gasteiger partial charge in [-0.25, -0.2) is 9.59 Å². The van der Waals surface area contributed by atoms with Crippen LogP contribution in [0.15, 0.2) is 12.4 Å². The fraction of sp³-hybridized carbons (Fsp3) is 0.667. The molecule has 2 heterocycles. The maximum Gasteiger partial charge on any atom is 0.329 e. The fourth-order valence-corrected chi connectivity index (χ4v) is 2.16. The molecule has 1 aromatic rings. The lowest BCUT2D eigenvalue weighted by Crippen LogP contribution is -2.46. The minimum absolute atomic E-state index is 0.0831. The molecule has 1 saturated heterocycles. The van der Waals surface area contributed by atoms with Gasteiger partial charge in [0.1, 0.15) is 6.61 Å². The summed E-state index contributed by atoms with van der Waals surface area (Å²) >= 11 is 0. The second-order valence-corrected chi connectivity index (χ2v) is 4.79.